The predicted molar refractivity (Wildman–Crippen MR) is 57.6 cm³/mol. The summed E-state index contributed by atoms with van der Waals surface area (Å²) in [5, 5.41) is 17.8. The number of anilines is 1. The van der Waals surface area contributed by atoms with E-state index in [0.717, 1.165) is 11.0 Å². The molecule has 3 nitrogen and oxygen atoms in total. The van der Waals surface area contributed by atoms with Crippen LogP contribution in [0.2, 0.25) is 0 Å². The third-order valence-corrected chi connectivity index (χ3v) is 2.29. The summed E-state index contributed by atoms with van der Waals surface area (Å²) < 4.78 is 38.3. The van der Waals surface area contributed by atoms with Crippen molar-refractivity contribution in [3.05, 3.63) is 29.6 Å². The molecule has 1 rings (SSSR count). The first-order valence-electron chi connectivity index (χ1n) is 5.12. The molecule has 0 unspecified atom stereocenters. The van der Waals surface area contributed by atoms with Crippen LogP contribution >= 0.6 is 0 Å². The lowest BCUT2D eigenvalue weighted by atomic mass is 10.1. The average Bonchev–Trinajstić information content (AvgIpc) is 2.27. The number of benzene rings is 1. The van der Waals surface area contributed by atoms with Crippen LogP contribution in [0.4, 0.5) is 18.9 Å². The van der Waals surface area contributed by atoms with Crippen molar-refractivity contribution in [3.8, 4) is 0 Å². The standard InChI is InChI=1S/C11H14F3NO2/c12-9-3-1-2-8(7-17)11(9)15(4-5-16)6-10(13)14/h1-3,10,16-17H,4-7H2. The van der Waals surface area contributed by atoms with Gasteiger partial charge in [-0.2, -0.15) is 0 Å². The van der Waals surface area contributed by atoms with Crippen molar-refractivity contribution in [3.63, 3.8) is 0 Å². The first-order chi connectivity index (χ1) is 8.10. The van der Waals surface area contributed by atoms with Crippen LogP contribution in [0.1, 0.15) is 5.56 Å². The van der Waals surface area contributed by atoms with E-state index in [-0.39, 0.29) is 24.4 Å². The monoisotopic (exact) mass is 249 g/mol. The molecule has 1 aromatic rings. The molecule has 0 saturated carbocycles. The van der Waals surface area contributed by atoms with Crippen molar-refractivity contribution in [2.75, 3.05) is 24.6 Å². The van der Waals surface area contributed by atoms with Crippen LogP contribution in [-0.4, -0.2) is 36.3 Å². The van der Waals surface area contributed by atoms with Crippen molar-refractivity contribution >= 4 is 5.69 Å². The first-order valence-corrected chi connectivity index (χ1v) is 5.12. The second kappa shape index (κ2) is 6.46. The second-order valence-electron chi connectivity index (χ2n) is 3.47. The van der Waals surface area contributed by atoms with Crippen molar-refractivity contribution in [2.24, 2.45) is 0 Å². The molecule has 0 amide bonds. The van der Waals surface area contributed by atoms with Crippen molar-refractivity contribution < 1.29 is 23.4 Å². The van der Waals surface area contributed by atoms with Gasteiger partial charge in [-0.3, -0.25) is 0 Å². The number of rotatable bonds is 6. The van der Waals surface area contributed by atoms with Crippen LogP contribution in [0.5, 0.6) is 0 Å². The zero-order valence-corrected chi connectivity index (χ0v) is 9.11. The highest BCUT2D eigenvalue weighted by atomic mass is 19.3. The highest BCUT2D eigenvalue weighted by molar-refractivity contribution is 5.54. The van der Waals surface area contributed by atoms with E-state index in [1.165, 1.54) is 12.1 Å². The van der Waals surface area contributed by atoms with Gasteiger partial charge in [0.15, 0.2) is 0 Å². The Morgan fingerprint density at radius 3 is 2.47 bits per heavy atom. The molecule has 6 heteroatoms. The van der Waals surface area contributed by atoms with Gasteiger partial charge in [0.2, 0.25) is 0 Å². The van der Waals surface area contributed by atoms with Gasteiger partial charge in [-0.1, -0.05) is 12.1 Å². The Bertz CT molecular complexity index is 361. The van der Waals surface area contributed by atoms with Crippen molar-refractivity contribution in [1.82, 2.24) is 0 Å². The van der Waals surface area contributed by atoms with Gasteiger partial charge < -0.3 is 15.1 Å². The van der Waals surface area contributed by atoms with Crippen LogP contribution in [0, 0.1) is 5.82 Å². The smallest absolute Gasteiger partial charge is 0.255 e. The molecule has 0 heterocycles. The second-order valence-corrected chi connectivity index (χ2v) is 3.47. The molecule has 1 aromatic carbocycles. The Morgan fingerprint density at radius 1 is 1.24 bits per heavy atom. The molecule has 0 aliphatic carbocycles. The van der Waals surface area contributed by atoms with E-state index >= 15 is 0 Å². The lowest BCUT2D eigenvalue weighted by molar-refractivity contribution is 0.152. The molecule has 0 aliphatic rings. The summed E-state index contributed by atoms with van der Waals surface area (Å²) in [6.07, 6.45) is -2.65. The van der Waals surface area contributed by atoms with Crippen molar-refractivity contribution in [1.29, 1.82) is 0 Å². The van der Waals surface area contributed by atoms with E-state index in [1.54, 1.807) is 0 Å². The number of para-hydroxylation sites is 1. The highest BCUT2D eigenvalue weighted by Gasteiger charge is 2.18. The lowest BCUT2D eigenvalue weighted by Crippen LogP contribution is -2.33. The molecule has 96 valence electrons. The minimum absolute atomic E-state index is 0.0793. The summed E-state index contributed by atoms with van der Waals surface area (Å²) in [5.74, 6) is -0.689. The third kappa shape index (κ3) is 3.61. The Morgan fingerprint density at radius 2 is 1.94 bits per heavy atom. The maximum Gasteiger partial charge on any atom is 0.255 e. The molecular formula is C11H14F3NO2. The minimum Gasteiger partial charge on any atom is -0.395 e. The SMILES string of the molecule is OCCN(CC(F)F)c1c(F)cccc1CO. The van der Waals surface area contributed by atoms with Gasteiger partial charge in [0, 0.05) is 12.1 Å². The fraction of sp³-hybridized carbons (Fsp3) is 0.455. The Labute approximate surface area is 97.1 Å². The zero-order valence-electron chi connectivity index (χ0n) is 9.11. The zero-order chi connectivity index (χ0) is 12.8. The number of hydrogen-bond donors (Lipinski definition) is 2. The quantitative estimate of drug-likeness (QED) is 0.800. The van der Waals surface area contributed by atoms with Gasteiger partial charge in [-0.25, -0.2) is 13.2 Å². The van der Waals surface area contributed by atoms with Crippen LogP contribution in [-0.2, 0) is 6.61 Å². The Hall–Kier alpha value is -1.27. The molecule has 0 saturated heterocycles. The summed E-state index contributed by atoms with van der Waals surface area (Å²) in [4.78, 5) is 1.03. The molecule has 17 heavy (non-hydrogen) atoms. The van der Waals surface area contributed by atoms with Crippen LogP contribution in [0.25, 0.3) is 0 Å². The largest absolute Gasteiger partial charge is 0.395 e. The third-order valence-electron chi connectivity index (χ3n) is 2.29. The summed E-state index contributed by atoms with van der Waals surface area (Å²) in [5.41, 5.74) is 0.142. The Balaban J connectivity index is 3.07. The molecular weight excluding hydrogens is 235 g/mol. The van der Waals surface area contributed by atoms with Crippen molar-refractivity contribution in [2.45, 2.75) is 13.0 Å². The molecule has 2 N–H and O–H groups in total. The van der Waals surface area contributed by atoms with Gasteiger partial charge in [0.05, 0.1) is 25.4 Å². The number of hydrogen-bond acceptors (Lipinski definition) is 3. The van der Waals surface area contributed by atoms with E-state index in [0.29, 0.717) is 0 Å². The molecule has 0 fully saturated rings. The minimum atomic E-state index is -2.65. The fourth-order valence-corrected chi connectivity index (χ4v) is 1.62. The summed E-state index contributed by atoms with van der Waals surface area (Å²) in [6, 6.07) is 3.97. The van der Waals surface area contributed by atoms with Crippen LogP contribution in [0.3, 0.4) is 0 Å². The number of aliphatic hydroxyl groups excluding tert-OH is 2. The van der Waals surface area contributed by atoms with E-state index in [2.05, 4.69) is 0 Å². The van der Waals surface area contributed by atoms with E-state index < -0.39 is 25.4 Å². The summed E-state index contributed by atoms with van der Waals surface area (Å²) >= 11 is 0. The van der Waals surface area contributed by atoms with Crippen LogP contribution in [0.15, 0.2) is 18.2 Å². The van der Waals surface area contributed by atoms with Gasteiger partial charge in [0.1, 0.15) is 5.82 Å². The topological polar surface area (TPSA) is 43.7 Å². The van der Waals surface area contributed by atoms with Crippen LogP contribution < -0.4 is 4.90 Å². The summed E-state index contributed by atoms with van der Waals surface area (Å²) in [7, 11) is 0. The molecule has 0 bridgehead atoms. The van der Waals surface area contributed by atoms with E-state index in [9.17, 15) is 13.2 Å². The van der Waals surface area contributed by atoms with Gasteiger partial charge >= 0.3 is 0 Å². The summed E-state index contributed by atoms with van der Waals surface area (Å²) in [6.45, 7) is -1.61. The molecule has 0 radical (unpaired) electrons. The normalized spacial score (nSPS) is 10.9. The number of nitrogens with zero attached hydrogens (tertiary/aromatic N) is 1. The fourth-order valence-electron chi connectivity index (χ4n) is 1.62. The van der Waals surface area contributed by atoms with E-state index in [4.69, 9.17) is 10.2 Å². The predicted octanol–water partition coefficient (Wildman–Crippen LogP) is 1.38. The Kier molecular flexibility index (Phi) is 5.24. The molecule has 0 aliphatic heterocycles. The van der Waals surface area contributed by atoms with Gasteiger partial charge in [0.25, 0.3) is 6.43 Å². The highest BCUT2D eigenvalue weighted by Crippen LogP contribution is 2.25. The van der Waals surface area contributed by atoms with Gasteiger partial charge in [-0.05, 0) is 6.07 Å². The number of alkyl halides is 2. The number of aliphatic hydroxyl groups is 2. The first kappa shape index (κ1) is 13.8. The maximum absolute atomic E-state index is 13.6. The molecule has 0 atom stereocenters. The maximum atomic E-state index is 13.6. The molecule has 0 spiro atoms. The lowest BCUT2D eigenvalue weighted by Gasteiger charge is -2.26. The van der Waals surface area contributed by atoms with E-state index in [1.807, 2.05) is 0 Å². The molecule has 0 aromatic heterocycles. The van der Waals surface area contributed by atoms with Gasteiger partial charge in [-0.15, -0.1) is 0 Å². The number of halogens is 3. The average molecular weight is 249 g/mol.